The smallest absolute Gasteiger partial charge is 0.223 e. The Morgan fingerprint density at radius 1 is 1.10 bits per heavy atom. The monoisotopic (exact) mass is 390 g/mol. The average Bonchev–Trinajstić information content (AvgIpc) is 3.11. The van der Waals surface area contributed by atoms with Gasteiger partial charge in [0, 0.05) is 12.5 Å². The number of benzene rings is 2. The number of piperidine rings is 1. The van der Waals surface area contributed by atoms with Crippen LogP contribution in [0, 0.1) is 5.92 Å². The zero-order valence-corrected chi connectivity index (χ0v) is 17.3. The van der Waals surface area contributed by atoms with Gasteiger partial charge >= 0.3 is 0 Å². The third-order valence-electron chi connectivity index (χ3n) is 6.03. The van der Waals surface area contributed by atoms with Crippen molar-refractivity contribution in [3.8, 4) is 0 Å². The summed E-state index contributed by atoms with van der Waals surface area (Å²) in [5.41, 5.74) is 3.42. The van der Waals surface area contributed by atoms with Crippen LogP contribution in [0.3, 0.4) is 0 Å². The SMILES string of the molecule is CCn1c(CN2CCC(C(=O)N[C@H](C)c3ccccc3)CC2)nc2ccccc21. The first-order valence-corrected chi connectivity index (χ1v) is 10.7. The molecule has 152 valence electrons. The molecule has 1 fully saturated rings. The number of rotatable bonds is 6. The Bertz CT molecular complexity index is 957. The summed E-state index contributed by atoms with van der Waals surface area (Å²) in [6, 6.07) is 18.5. The number of carbonyl (C=O) groups excluding carboxylic acids is 1. The van der Waals surface area contributed by atoms with Crippen LogP contribution in [0.15, 0.2) is 54.6 Å². The molecule has 1 aromatic heterocycles. The fraction of sp³-hybridized carbons (Fsp3) is 0.417. The fourth-order valence-corrected chi connectivity index (χ4v) is 4.31. The Morgan fingerprint density at radius 2 is 1.79 bits per heavy atom. The minimum atomic E-state index is 0.0474. The molecule has 1 amide bonds. The first-order chi connectivity index (χ1) is 14.2. The molecule has 1 N–H and O–H groups in total. The number of aryl methyl sites for hydroxylation is 1. The molecular weight excluding hydrogens is 360 g/mol. The van der Waals surface area contributed by atoms with Crippen molar-refractivity contribution in [1.29, 1.82) is 0 Å². The third-order valence-corrected chi connectivity index (χ3v) is 6.03. The molecular formula is C24H30N4O. The van der Waals surface area contributed by atoms with Crippen LogP contribution in [0.25, 0.3) is 11.0 Å². The molecule has 1 aliphatic heterocycles. The number of para-hydroxylation sites is 2. The number of carbonyl (C=O) groups is 1. The molecule has 0 saturated carbocycles. The Kier molecular flexibility index (Phi) is 5.95. The molecule has 2 heterocycles. The maximum Gasteiger partial charge on any atom is 0.223 e. The maximum atomic E-state index is 12.7. The molecule has 3 aromatic rings. The van der Waals surface area contributed by atoms with Gasteiger partial charge in [-0.2, -0.15) is 0 Å². The molecule has 0 bridgehead atoms. The summed E-state index contributed by atoms with van der Waals surface area (Å²) in [5.74, 6) is 1.40. The summed E-state index contributed by atoms with van der Waals surface area (Å²) in [7, 11) is 0. The number of nitrogens with zero attached hydrogens (tertiary/aromatic N) is 3. The lowest BCUT2D eigenvalue weighted by Gasteiger charge is -2.31. The fourth-order valence-electron chi connectivity index (χ4n) is 4.31. The van der Waals surface area contributed by atoms with E-state index in [9.17, 15) is 4.79 Å². The van der Waals surface area contributed by atoms with Gasteiger partial charge in [0.15, 0.2) is 0 Å². The molecule has 0 unspecified atom stereocenters. The quantitative estimate of drug-likeness (QED) is 0.688. The van der Waals surface area contributed by atoms with E-state index in [1.165, 1.54) is 5.52 Å². The van der Waals surface area contributed by atoms with Crippen LogP contribution in [0.1, 0.15) is 44.1 Å². The van der Waals surface area contributed by atoms with Crippen molar-refractivity contribution in [1.82, 2.24) is 19.8 Å². The normalized spacial score (nSPS) is 16.8. The van der Waals surface area contributed by atoms with Gasteiger partial charge in [0.1, 0.15) is 5.82 Å². The first kappa shape index (κ1) is 19.6. The van der Waals surface area contributed by atoms with Crippen LogP contribution in [-0.4, -0.2) is 33.4 Å². The van der Waals surface area contributed by atoms with Crippen molar-refractivity contribution in [2.24, 2.45) is 5.92 Å². The van der Waals surface area contributed by atoms with Gasteiger partial charge in [0.2, 0.25) is 5.91 Å². The number of likely N-dealkylation sites (tertiary alicyclic amines) is 1. The largest absolute Gasteiger partial charge is 0.349 e. The molecule has 0 aliphatic carbocycles. The molecule has 5 nitrogen and oxygen atoms in total. The van der Waals surface area contributed by atoms with Crippen LogP contribution < -0.4 is 5.32 Å². The molecule has 0 spiro atoms. The number of aromatic nitrogens is 2. The number of fused-ring (bicyclic) bond motifs is 1. The van der Waals surface area contributed by atoms with Crippen LogP contribution in [0.2, 0.25) is 0 Å². The second-order valence-electron chi connectivity index (χ2n) is 7.95. The Balaban J connectivity index is 1.33. The molecule has 1 saturated heterocycles. The van der Waals surface area contributed by atoms with Crippen molar-refractivity contribution in [2.75, 3.05) is 13.1 Å². The van der Waals surface area contributed by atoms with Crippen molar-refractivity contribution in [3.63, 3.8) is 0 Å². The predicted octanol–water partition coefficient (Wildman–Crippen LogP) is 4.15. The number of nitrogens with one attached hydrogen (secondary N) is 1. The van der Waals surface area contributed by atoms with Crippen molar-refractivity contribution < 1.29 is 4.79 Å². The molecule has 1 atom stereocenters. The van der Waals surface area contributed by atoms with Crippen molar-refractivity contribution in [3.05, 3.63) is 66.0 Å². The summed E-state index contributed by atoms with van der Waals surface area (Å²) in [6.45, 7) is 7.86. The third kappa shape index (κ3) is 4.35. The van der Waals surface area contributed by atoms with E-state index in [-0.39, 0.29) is 17.9 Å². The van der Waals surface area contributed by atoms with Gasteiger partial charge in [-0.1, -0.05) is 42.5 Å². The first-order valence-electron chi connectivity index (χ1n) is 10.7. The van der Waals surface area contributed by atoms with Gasteiger partial charge in [-0.25, -0.2) is 4.98 Å². The van der Waals surface area contributed by atoms with E-state index in [0.29, 0.717) is 0 Å². The van der Waals surface area contributed by atoms with E-state index in [0.717, 1.165) is 55.9 Å². The van der Waals surface area contributed by atoms with E-state index in [2.05, 4.69) is 59.0 Å². The predicted molar refractivity (Wildman–Crippen MR) is 116 cm³/mol. The lowest BCUT2D eigenvalue weighted by Crippen LogP contribution is -2.41. The van der Waals surface area contributed by atoms with Crippen LogP contribution in [0.4, 0.5) is 0 Å². The average molecular weight is 391 g/mol. The topological polar surface area (TPSA) is 50.2 Å². The summed E-state index contributed by atoms with van der Waals surface area (Å²) in [5, 5.41) is 3.19. The van der Waals surface area contributed by atoms with Crippen LogP contribution in [-0.2, 0) is 17.9 Å². The number of hydrogen-bond acceptors (Lipinski definition) is 3. The lowest BCUT2D eigenvalue weighted by molar-refractivity contribution is -0.127. The van der Waals surface area contributed by atoms with Gasteiger partial charge in [-0.05, 0) is 57.5 Å². The molecule has 0 radical (unpaired) electrons. The van der Waals surface area contributed by atoms with Crippen LogP contribution in [0.5, 0.6) is 0 Å². The van der Waals surface area contributed by atoms with Gasteiger partial charge in [0.05, 0.1) is 23.6 Å². The van der Waals surface area contributed by atoms with Crippen LogP contribution >= 0.6 is 0 Å². The highest BCUT2D eigenvalue weighted by molar-refractivity contribution is 5.79. The minimum Gasteiger partial charge on any atom is -0.349 e. The van der Waals surface area contributed by atoms with E-state index < -0.39 is 0 Å². The molecule has 4 rings (SSSR count). The van der Waals surface area contributed by atoms with E-state index in [1.54, 1.807) is 0 Å². The highest BCUT2D eigenvalue weighted by atomic mass is 16.1. The van der Waals surface area contributed by atoms with E-state index >= 15 is 0 Å². The summed E-state index contributed by atoms with van der Waals surface area (Å²) < 4.78 is 2.30. The number of hydrogen-bond donors (Lipinski definition) is 1. The Labute approximate surface area is 172 Å². The van der Waals surface area contributed by atoms with Gasteiger partial charge in [-0.3, -0.25) is 9.69 Å². The Hall–Kier alpha value is -2.66. The second kappa shape index (κ2) is 8.78. The molecule has 2 aromatic carbocycles. The number of amides is 1. The van der Waals surface area contributed by atoms with E-state index in [4.69, 9.17) is 4.98 Å². The minimum absolute atomic E-state index is 0.0474. The van der Waals surface area contributed by atoms with Crippen molar-refractivity contribution >= 4 is 16.9 Å². The Morgan fingerprint density at radius 3 is 2.52 bits per heavy atom. The molecule has 29 heavy (non-hydrogen) atoms. The second-order valence-corrected chi connectivity index (χ2v) is 7.95. The standard InChI is InChI=1S/C24H30N4O/c1-3-28-22-12-8-7-11-21(22)26-23(28)17-27-15-13-20(14-16-27)24(29)25-18(2)19-9-5-4-6-10-19/h4-12,18,20H,3,13-17H2,1-2H3,(H,25,29)/t18-/m1/s1. The number of imidazole rings is 1. The van der Waals surface area contributed by atoms with Gasteiger partial charge in [0.25, 0.3) is 0 Å². The molecule has 1 aliphatic rings. The maximum absolute atomic E-state index is 12.7. The highest BCUT2D eigenvalue weighted by Gasteiger charge is 2.26. The van der Waals surface area contributed by atoms with Crippen molar-refractivity contribution in [2.45, 2.75) is 45.8 Å². The zero-order chi connectivity index (χ0) is 20.2. The highest BCUT2D eigenvalue weighted by Crippen LogP contribution is 2.23. The summed E-state index contributed by atoms with van der Waals surface area (Å²) in [4.78, 5) is 20.0. The lowest BCUT2D eigenvalue weighted by atomic mass is 9.95. The summed E-state index contributed by atoms with van der Waals surface area (Å²) >= 11 is 0. The van der Waals surface area contributed by atoms with Gasteiger partial charge in [-0.15, -0.1) is 0 Å². The summed E-state index contributed by atoms with van der Waals surface area (Å²) in [6.07, 6.45) is 1.80. The molecule has 5 heteroatoms. The zero-order valence-electron chi connectivity index (χ0n) is 17.3. The van der Waals surface area contributed by atoms with Gasteiger partial charge < -0.3 is 9.88 Å². The van der Waals surface area contributed by atoms with E-state index in [1.807, 2.05) is 24.3 Å².